The van der Waals surface area contributed by atoms with Crippen molar-refractivity contribution in [3.63, 3.8) is 0 Å². The zero-order valence-corrected chi connectivity index (χ0v) is 14.4. The molecule has 1 aliphatic heterocycles. The van der Waals surface area contributed by atoms with E-state index in [4.69, 9.17) is 0 Å². The molecular weight excluding hydrogens is 306 g/mol. The molecule has 0 aromatic carbocycles. The van der Waals surface area contributed by atoms with E-state index in [0.29, 0.717) is 11.7 Å². The van der Waals surface area contributed by atoms with Gasteiger partial charge in [0.05, 0.1) is 6.42 Å². The van der Waals surface area contributed by atoms with E-state index in [-0.39, 0.29) is 18.0 Å². The summed E-state index contributed by atoms with van der Waals surface area (Å²) in [6.07, 6.45) is 10.9. The van der Waals surface area contributed by atoms with E-state index in [1.807, 2.05) is 0 Å². The zero-order chi connectivity index (χ0) is 16.8. The average molecular weight is 335 g/mol. The van der Waals surface area contributed by atoms with Gasteiger partial charge in [0.25, 0.3) is 0 Å². The highest BCUT2D eigenvalue weighted by Crippen LogP contribution is 2.26. The molecule has 134 valence electrons. The molecule has 1 aliphatic carbocycles. The smallest absolute Gasteiger partial charge is 0.340 e. The third kappa shape index (κ3) is 4.93. The molecule has 2 heterocycles. The number of hydrogen-bond donors (Lipinski definition) is 3. The molecular formula is C17H29N5O2. The second-order valence-corrected chi connectivity index (χ2v) is 7.25. The summed E-state index contributed by atoms with van der Waals surface area (Å²) in [5, 5.41) is 9.02. The maximum Gasteiger partial charge on any atom is 0.340 e. The minimum absolute atomic E-state index is 0.0813. The van der Waals surface area contributed by atoms with Crippen LogP contribution in [0.4, 0.5) is 0 Å². The third-order valence-electron chi connectivity index (χ3n) is 5.37. The molecule has 1 amide bonds. The number of carbonyl (C=O) groups excluding carboxylic acids is 1. The number of nitrogens with one attached hydrogen (secondary N) is 3. The Hall–Kier alpha value is -1.63. The van der Waals surface area contributed by atoms with E-state index >= 15 is 0 Å². The first-order chi connectivity index (χ1) is 11.7. The standard InChI is InChI=1S/C17H29N5O2/c23-16(10-15-19-17(24)21-20-15)18-11-13-8-9-22(12-13)14-6-4-2-1-3-5-7-14/h13-14H,1-12H2,(H,18,23)(H2,19,20,21,24). The van der Waals surface area contributed by atoms with Gasteiger partial charge in [-0.15, -0.1) is 0 Å². The zero-order valence-electron chi connectivity index (χ0n) is 14.4. The minimum atomic E-state index is -0.372. The van der Waals surface area contributed by atoms with Gasteiger partial charge in [-0.3, -0.25) is 9.78 Å². The summed E-state index contributed by atoms with van der Waals surface area (Å²) in [6, 6.07) is 0.750. The topological polar surface area (TPSA) is 93.9 Å². The lowest BCUT2D eigenvalue weighted by Crippen LogP contribution is -2.36. The van der Waals surface area contributed by atoms with E-state index in [2.05, 4.69) is 25.4 Å². The second-order valence-electron chi connectivity index (χ2n) is 7.25. The Morgan fingerprint density at radius 1 is 1.17 bits per heavy atom. The summed E-state index contributed by atoms with van der Waals surface area (Å²) in [4.78, 5) is 28.1. The van der Waals surface area contributed by atoms with E-state index < -0.39 is 0 Å². The van der Waals surface area contributed by atoms with Crippen molar-refractivity contribution in [2.75, 3.05) is 19.6 Å². The molecule has 7 nitrogen and oxygen atoms in total. The number of aromatic nitrogens is 3. The molecule has 1 aromatic rings. The van der Waals surface area contributed by atoms with Crippen molar-refractivity contribution >= 4 is 5.91 Å². The Morgan fingerprint density at radius 2 is 1.92 bits per heavy atom. The highest BCUT2D eigenvalue weighted by molar-refractivity contribution is 5.77. The predicted molar refractivity (Wildman–Crippen MR) is 91.7 cm³/mol. The molecule has 7 heteroatoms. The molecule has 1 atom stereocenters. The van der Waals surface area contributed by atoms with Crippen LogP contribution in [-0.2, 0) is 11.2 Å². The van der Waals surface area contributed by atoms with E-state index in [0.717, 1.165) is 32.1 Å². The molecule has 2 aliphatic rings. The highest BCUT2D eigenvalue weighted by atomic mass is 16.2. The first-order valence-corrected chi connectivity index (χ1v) is 9.35. The number of hydrogen-bond acceptors (Lipinski definition) is 4. The van der Waals surface area contributed by atoms with Crippen LogP contribution < -0.4 is 11.0 Å². The predicted octanol–water partition coefficient (Wildman–Crippen LogP) is 1.19. The van der Waals surface area contributed by atoms with Crippen LogP contribution in [0.1, 0.15) is 57.2 Å². The lowest BCUT2D eigenvalue weighted by Gasteiger charge is -2.29. The van der Waals surface area contributed by atoms with Gasteiger partial charge in [-0.25, -0.2) is 9.89 Å². The van der Waals surface area contributed by atoms with Crippen molar-refractivity contribution in [1.29, 1.82) is 0 Å². The number of nitrogens with zero attached hydrogens (tertiary/aromatic N) is 2. The van der Waals surface area contributed by atoms with Crippen LogP contribution in [0, 0.1) is 5.92 Å². The molecule has 0 bridgehead atoms. The monoisotopic (exact) mass is 335 g/mol. The van der Waals surface area contributed by atoms with Crippen LogP contribution in [0.3, 0.4) is 0 Å². The van der Waals surface area contributed by atoms with Crippen LogP contribution in [-0.4, -0.2) is 51.7 Å². The summed E-state index contributed by atoms with van der Waals surface area (Å²) in [6.45, 7) is 2.98. The fourth-order valence-electron chi connectivity index (χ4n) is 4.02. The summed E-state index contributed by atoms with van der Waals surface area (Å²) in [5.41, 5.74) is -0.372. The maximum absolute atomic E-state index is 11.9. The molecule has 24 heavy (non-hydrogen) atoms. The van der Waals surface area contributed by atoms with E-state index in [9.17, 15) is 9.59 Å². The highest BCUT2D eigenvalue weighted by Gasteiger charge is 2.28. The van der Waals surface area contributed by atoms with Crippen LogP contribution in [0.25, 0.3) is 0 Å². The van der Waals surface area contributed by atoms with Crippen molar-refractivity contribution < 1.29 is 4.79 Å². The number of H-pyrrole nitrogens is 2. The molecule has 1 aromatic heterocycles. The van der Waals surface area contributed by atoms with E-state index in [1.54, 1.807) is 0 Å². The first kappa shape index (κ1) is 17.2. The van der Waals surface area contributed by atoms with Gasteiger partial charge in [0.1, 0.15) is 5.82 Å². The van der Waals surface area contributed by atoms with Crippen molar-refractivity contribution in [2.24, 2.45) is 5.92 Å². The largest absolute Gasteiger partial charge is 0.355 e. The van der Waals surface area contributed by atoms with Gasteiger partial charge >= 0.3 is 5.69 Å². The van der Waals surface area contributed by atoms with E-state index in [1.165, 1.54) is 44.9 Å². The fourth-order valence-corrected chi connectivity index (χ4v) is 4.02. The van der Waals surface area contributed by atoms with Crippen LogP contribution in [0.5, 0.6) is 0 Å². The SMILES string of the molecule is O=C(Cc1n[nH]c(=O)[nH]1)NCC1CCN(C2CCCCCCC2)C1. The van der Waals surface area contributed by atoms with Crippen LogP contribution in [0.15, 0.2) is 4.79 Å². The second kappa shape index (κ2) is 8.46. The summed E-state index contributed by atoms with van der Waals surface area (Å²) >= 11 is 0. The van der Waals surface area contributed by atoms with Crippen molar-refractivity contribution in [3.8, 4) is 0 Å². The van der Waals surface area contributed by atoms with Gasteiger partial charge in [0.15, 0.2) is 0 Å². The molecule has 2 fully saturated rings. The number of likely N-dealkylation sites (tertiary alicyclic amines) is 1. The number of carbonyl (C=O) groups is 1. The Morgan fingerprint density at radius 3 is 2.62 bits per heavy atom. The maximum atomic E-state index is 11.9. The molecule has 3 rings (SSSR count). The van der Waals surface area contributed by atoms with Gasteiger partial charge in [-0.1, -0.05) is 32.1 Å². The third-order valence-corrected chi connectivity index (χ3v) is 5.37. The molecule has 1 saturated heterocycles. The van der Waals surface area contributed by atoms with Gasteiger partial charge in [-0.05, 0) is 31.7 Å². The van der Waals surface area contributed by atoms with Crippen molar-refractivity contribution in [3.05, 3.63) is 16.3 Å². The molecule has 1 saturated carbocycles. The lowest BCUT2D eigenvalue weighted by molar-refractivity contribution is -0.120. The first-order valence-electron chi connectivity index (χ1n) is 9.35. The lowest BCUT2D eigenvalue weighted by atomic mass is 9.96. The van der Waals surface area contributed by atoms with Gasteiger partial charge in [-0.2, -0.15) is 5.10 Å². The quantitative estimate of drug-likeness (QED) is 0.753. The fraction of sp³-hybridized carbons (Fsp3) is 0.824. The van der Waals surface area contributed by atoms with Crippen LogP contribution >= 0.6 is 0 Å². The average Bonchev–Trinajstić information content (AvgIpc) is 3.14. The summed E-state index contributed by atoms with van der Waals surface area (Å²) < 4.78 is 0. The summed E-state index contributed by atoms with van der Waals surface area (Å²) in [7, 11) is 0. The van der Waals surface area contributed by atoms with Crippen molar-refractivity contribution in [1.82, 2.24) is 25.4 Å². The number of aromatic amines is 2. The van der Waals surface area contributed by atoms with Gasteiger partial charge in [0.2, 0.25) is 5.91 Å². The normalized spacial score (nSPS) is 23.8. The number of amides is 1. The summed E-state index contributed by atoms with van der Waals surface area (Å²) in [5.74, 6) is 0.847. The Kier molecular flexibility index (Phi) is 6.07. The molecule has 1 unspecified atom stereocenters. The van der Waals surface area contributed by atoms with Crippen molar-refractivity contribution in [2.45, 2.75) is 63.8 Å². The molecule has 0 radical (unpaired) electrons. The van der Waals surface area contributed by atoms with Crippen LogP contribution in [0.2, 0.25) is 0 Å². The van der Waals surface area contributed by atoms with Gasteiger partial charge < -0.3 is 10.2 Å². The Bertz CT molecular complexity index is 574. The molecule has 3 N–H and O–H groups in total. The molecule has 0 spiro atoms. The minimum Gasteiger partial charge on any atom is -0.355 e. The number of rotatable bonds is 5. The Balaban J connectivity index is 1.39. The Labute approximate surface area is 142 Å². The van der Waals surface area contributed by atoms with Gasteiger partial charge in [0, 0.05) is 19.1 Å².